The Labute approximate surface area is 149 Å². The summed E-state index contributed by atoms with van der Waals surface area (Å²) in [6.45, 7) is 6.83. The molecule has 2 nitrogen and oxygen atoms in total. The highest BCUT2D eigenvalue weighted by atomic mass is 16.5. The van der Waals surface area contributed by atoms with E-state index in [1.807, 2.05) is 30.5 Å². The van der Waals surface area contributed by atoms with Crippen molar-refractivity contribution in [1.29, 1.82) is 0 Å². The largest absolute Gasteiger partial charge is 0.489 e. The first-order chi connectivity index (χ1) is 12.1. The summed E-state index contributed by atoms with van der Waals surface area (Å²) in [7, 11) is 0. The van der Waals surface area contributed by atoms with E-state index in [0.717, 1.165) is 17.0 Å². The lowest BCUT2D eigenvalue weighted by molar-refractivity contribution is 0.306. The van der Waals surface area contributed by atoms with Gasteiger partial charge in [0.05, 0.1) is 5.69 Å². The average Bonchev–Trinajstić information content (AvgIpc) is 2.61. The van der Waals surface area contributed by atoms with E-state index in [0.29, 0.717) is 6.61 Å². The van der Waals surface area contributed by atoms with E-state index in [1.165, 1.54) is 22.3 Å². The molecular weight excluding hydrogens is 306 g/mol. The molecule has 0 radical (unpaired) electrons. The van der Waals surface area contributed by atoms with Crippen molar-refractivity contribution in [3.8, 4) is 5.75 Å². The Balaban J connectivity index is 1.68. The zero-order valence-corrected chi connectivity index (χ0v) is 15.0. The second-order valence-electron chi connectivity index (χ2n) is 6.39. The number of benzene rings is 3. The van der Waals surface area contributed by atoms with E-state index >= 15 is 0 Å². The highest BCUT2D eigenvalue weighted by molar-refractivity contribution is 5.82. The molecule has 0 aliphatic heterocycles. The van der Waals surface area contributed by atoms with Crippen LogP contribution in [0.25, 0.3) is 0 Å². The van der Waals surface area contributed by atoms with Crippen LogP contribution in [0, 0.1) is 20.8 Å². The van der Waals surface area contributed by atoms with Crippen LogP contribution in [-0.2, 0) is 6.61 Å². The molecule has 3 rings (SSSR count). The third-order valence-corrected chi connectivity index (χ3v) is 4.09. The first-order valence-electron chi connectivity index (χ1n) is 8.50. The van der Waals surface area contributed by atoms with Gasteiger partial charge in [-0.1, -0.05) is 59.7 Å². The maximum Gasteiger partial charge on any atom is 0.120 e. The van der Waals surface area contributed by atoms with Gasteiger partial charge in [0.15, 0.2) is 0 Å². The number of ether oxygens (including phenoxy) is 1. The Bertz CT molecular complexity index is 879. The van der Waals surface area contributed by atoms with Crippen molar-refractivity contribution in [2.24, 2.45) is 4.99 Å². The van der Waals surface area contributed by atoms with Gasteiger partial charge in [0.2, 0.25) is 0 Å². The summed E-state index contributed by atoms with van der Waals surface area (Å²) < 4.78 is 5.90. The lowest BCUT2D eigenvalue weighted by atomic mass is 10.1. The second kappa shape index (κ2) is 7.80. The van der Waals surface area contributed by atoms with Gasteiger partial charge in [-0.2, -0.15) is 0 Å². The summed E-state index contributed by atoms with van der Waals surface area (Å²) in [5.41, 5.74) is 6.89. The van der Waals surface area contributed by atoms with E-state index in [4.69, 9.17) is 4.74 Å². The minimum absolute atomic E-state index is 0.567. The molecule has 0 aliphatic carbocycles. The monoisotopic (exact) mass is 329 g/mol. The first-order valence-corrected chi connectivity index (χ1v) is 8.50. The van der Waals surface area contributed by atoms with Crippen LogP contribution >= 0.6 is 0 Å². The summed E-state index contributed by atoms with van der Waals surface area (Å²) in [4.78, 5) is 4.61. The molecule has 0 amide bonds. The normalized spacial score (nSPS) is 11.0. The molecule has 3 aromatic rings. The van der Waals surface area contributed by atoms with Crippen molar-refractivity contribution in [3.63, 3.8) is 0 Å². The third kappa shape index (κ3) is 4.80. The van der Waals surface area contributed by atoms with Crippen molar-refractivity contribution in [2.75, 3.05) is 0 Å². The maximum atomic E-state index is 5.90. The Kier molecular flexibility index (Phi) is 5.30. The van der Waals surface area contributed by atoms with Crippen LogP contribution in [0.15, 0.2) is 71.7 Å². The zero-order chi connectivity index (χ0) is 17.6. The first kappa shape index (κ1) is 17.0. The number of nitrogens with zero attached hydrogens (tertiary/aromatic N) is 1. The molecule has 0 fully saturated rings. The van der Waals surface area contributed by atoms with E-state index < -0.39 is 0 Å². The van der Waals surface area contributed by atoms with E-state index in [-0.39, 0.29) is 0 Å². The van der Waals surface area contributed by atoms with Gasteiger partial charge >= 0.3 is 0 Å². The van der Waals surface area contributed by atoms with Crippen molar-refractivity contribution >= 4 is 11.9 Å². The predicted molar refractivity (Wildman–Crippen MR) is 105 cm³/mol. The minimum Gasteiger partial charge on any atom is -0.489 e. The number of hydrogen-bond donors (Lipinski definition) is 0. The number of hydrogen-bond acceptors (Lipinski definition) is 2. The Morgan fingerprint density at radius 2 is 1.60 bits per heavy atom. The molecule has 0 saturated carbocycles. The van der Waals surface area contributed by atoms with Gasteiger partial charge < -0.3 is 4.74 Å². The van der Waals surface area contributed by atoms with Gasteiger partial charge in [-0.15, -0.1) is 0 Å². The molecule has 0 aromatic heterocycles. The van der Waals surface area contributed by atoms with Gasteiger partial charge in [-0.05, 0) is 55.7 Å². The van der Waals surface area contributed by atoms with Crippen LogP contribution in [0.1, 0.15) is 27.8 Å². The summed E-state index contributed by atoms with van der Waals surface area (Å²) in [5, 5.41) is 0. The van der Waals surface area contributed by atoms with Gasteiger partial charge in [-0.3, -0.25) is 4.99 Å². The lowest BCUT2D eigenvalue weighted by Crippen LogP contribution is -1.96. The maximum absolute atomic E-state index is 5.90. The standard InChI is InChI=1S/C23H23NO/c1-17-7-10-20(11-8-17)16-25-22-6-4-5-21(14-22)15-24-23-12-9-18(2)13-19(23)3/h4-15H,16H2,1-3H3. The number of rotatable bonds is 5. The summed E-state index contributed by atoms with van der Waals surface area (Å²) in [5.74, 6) is 0.852. The fraction of sp³-hybridized carbons (Fsp3) is 0.174. The molecule has 3 aromatic carbocycles. The lowest BCUT2D eigenvalue weighted by Gasteiger charge is -2.07. The van der Waals surface area contributed by atoms with Gasteiger partial charge in [0, 0.05) is 6.21 Å². The summed E-state index contributed by atoms with van der Waals surface area (Å²) in [6, 6.07) is 22.7. The highest BCUT2D eigenvalue weighted by Gasteiger charge is 1.99. The van der Waals surface area contributed by atoms with Crippen LogP contribution in [-0.4, -0.2) is 6.21 Å². The van der Waals surface area contributed by atoms with Crippen LogP contribution in [0.3, 0.4) is 0 Å². The molecule has 2 heteroatoms. The van der Waals surface area contributed by atoms with Crippen LogP contribution in [0.2, 0.25) is 0 Å². The molecule has 126 valence electrons. The second-order valence-corrected chi connectivity index (χ2v) is 6.39. The molecule has 0 aliphatic rings. The van der Waals surface area contributed by atoms with E-state index in [1.54, 1.807) is 0 Å². The fourth-order valence-corrected chi connectivity index (χ4v) is 2.63. The Hall–Kier alpha value is -2.87. The topological polar surface area (TPSA) is 21.6 Å². The SMILES string of the molecule is Cc1ccc(COc2cccc(C=Nc3ccc(C)cc3C)c2)cc1. The van der Waals surface area contributed by atoms with Crippen LogP contribution in [0.4, 0.5) is 5.69 Å². The highest BCUT2D eigenvalue weighted by Crippen LogP contribution is 2.20. The van der Waals surface area contributed by atoms with Crippen molar-refractivity contribution < 1.29 is 4.74 Å². The fourth-order valence-electron chi connectivity index (χ4n) is 2.63. The average molecular weight is 329 g/mol. The number of aryl methyl sites for hydroxylation is 3. The Morgan fingerprint density at radius 1 is 0.840 bits per heavy atom. The van der Waals surface area contributed by atoms with Crippen molar-refractivity contribution in [2.45, 2.75) is 27.4 Å². The minimum atomic E-state index is 0.567. The molecule has 0 spiro atoms. The van der Waals surface area contributed by atoms with E-state index in [2.05, 4.69) is 68.2 Å². The summed E-state index contributed by atoms with van der Waals surface area (Å²) >= 11 is 0. The van der Waals surface area contributed by atoms with Crippen LogP contribution in [0.5, 0.6) is 5.75 Å². The summed E-state index contributed by atoms with van der Waals surface area (Å²) in [6.07, 6.45) is 1.89. The van der Waals surface area contributed by atoms with Gasteiger partial charge in [0.1, 0.15) is 12.4 Å². The molecule has 0 bridgehead atoms. The Morgan fingerprint density at radius 3 is 2.36 bits per heavy atom. The molecule has 0 unspecified atom stereocenters. The quantitative estimate of drug-likeness (QED) is 0.531. The molecule has 0 atom stereocenters. The molecule has 0 N–H and O–H groups in total. The smallest absolute Gasteiger partial charge is 0.120 e. The third-order valence-electron chi connectivity index (χ3n) is 4.09. The molecular formula is C23H23NO. The van der Waals surface area contributed by atoms with Gasteiger partial charge in [0.25, 0.3) is 0 Å². The molecule has 0 heterocycles. The molecule has 25 heavy (non-hydrogen) atoms. The number of aliphatic imine (C=N–C) groups is 1. The van der Waals surface area contributed by atoms with Crippen molar-refractivity contribution in [1.82, 2.24) is 0 Å². The van der Waals surface area contributed by atoms with Gasteiger partial charge in [-0.25, -0.2) is 0 Å². The van der Waals surface area contributed by atoms with E-state index in [9.17, 15) is 0 Å². The van der Waals surface area contributed by atoms with Crippen LogP contribution < -0.4 is 4.74 Å². The van der Waals surface area contributed by atoms with Crippen molar-refractivity contribution in [3.05, 3.63) is 94.5 Å². The molecule has 0 saturated heterocycles. The predicted octanol–water partition coefficient (Wildman–Crippen LogP) is 5.94. The zero-order valence-electron chi connectivity index (χ0n) is 15.0.